The molecular weight excluding hydrogens is 302 g/mol. The molecule has 2 N–H and O–H groups in total. The van der Waals surface area contributed by atoms with Crippen molar-refractivity contribution < 1.29 is 9.90 Å². The number of nitrogens with one attached hydrogen (secondary N) is 1. The van der Waals surface area contributed by atoms with Crippen LogP contribution in [0.4, 0.5) is 0 Å². The van der Waals surface area contributed by atoms with Crippen molar-refractivity contribution in [2.75, 3.05) is 6.54 Å². The van der Waals surface area contributed by atoms with Crippen LogP contribution in [-0.4, -0.2) is 27.3 Å². The second-order valence-corrected chi connectivity index (χ2v) is 5.48. The normalized spacial score (nSPS) is 11.9. The van der Waals surface area contributed by atoms with E-state index in [-0.39, 0.29) is 5.91 Å². The van der Waals surface area contributed by atoms with Gasteiger partial charge in [0, 0.05) is 12.7 Å². The number of para-hydroxylation sites is 1. The molecule has 0 bridgehead atoms. The van der Waals surface area contributed by atoms with Gasteiger partial charge in [-0.3, -0.25) is 4.79 Å². The number of hydrogen-bond acceptors (Lipinski definition) is 3. The lowest BCUT2D eigenvalue weighted by Gasteiger charge is -2.11. The van der Waals surface area contributed by atoms with Crippen LogP contribution in [0.5, 0.6) is 0 Å². The summed E-state index contributed by atoms with van der Waals surface area (Å²) in [6, 6.07) is 19.0. The maximum Gasteiger partial charge on any atom is 0.254 e. The summed E-state index contributed by atoms with van der Waals surface area (Å²) in [5, 5.41) is 17.1. The van der Waals surface area contributed by atoms with E-state index in [2.05, 4.69) is 10.4 Å². The molecular formula is C19H19N3O2. The standard InChI is InChI=1S/C19H19N3O2/c23-18(15-7-3-1-4-8-15)11-12-20-19(24)16-13-21-22(14-16)17-9-5-2-6-10-17/h1-10,13-14,18,23H,11-12H2,(H,20,24). The van der Waals surface area contributed by atoms with Crippen molar-refractivity contribution in [2.24, 2.45) is 0 Å². The molecule has 1 atom stereocenters. The van der Waals surface area contributed by atoms with Crippen molar-refractivity contribution in [1.82, 2.24) is 15.1 Å². The van der Waals surface area contributed by atoms with E-state index in [1.165, 1.54) is 6.20 Å². The van der Waals surface area contributed by atoms with Crippen molar-refractivity contribution in [1.29, 1.82) is 0 Å². The fraction of sp³-hybridized carbons (Fsp3) is 0.158. The molecule has 5 heteroatoms. The Kier molecular flexibility index (Phi) is 5.03. The number of aliphatic hydroxyl groups is 1. The molecule has 1 amide bonds. The van der Waals surface area contributed by atoms with E-state index in [0.717, 1.165) is 11.3 Å². The Labute approximate surface area is 140 Å². The number of aliphatic hydroxyl groups excluding tert-OH is 1. The maximum absolute atomic E-state index is 12.2. The number of rotatable bonds is 6. The summed E-state index contributed by atoms with van der Waals surface area (Å²) < 4.78 is 1.66. The summed E-state index contributed by atoms with van der Waals surface area (Å²) in [6.45, 7) is 0.394. The Morgan fingerprint density at radius 1 is 1.08 bits per heavy atom. The zero-order chi connectivity index (χ0) is 16.8. The average molecular weight is 321 g/mol. The number of aromatic nitrogens is 2. The molecule has 122 valence electrons. The molecule has 3 rings (SSSR count). The van der Waals surface area contributed by atoms with Gasteiger partial charge in [0.05, 0.1) is 23.6 Å². The van der Waals surface area contributed by atoms with Gasteiger partial charge >= 0.3 is 0 Å². The van der Waals surface area contributed by atoms with E-state index >= 15 is 0 Å². The van der Waals surface area contributed by atoms with Gasteiger partial charge in [0.25, 0.3) is 5.91 Å². The van der Waals surface area contributed by atoms with Gasteiger partial charge in [-0.05, 0) is 24.1 Å². The zero-order valence-electron chi connectivity index (χ0n) is 13.2. The van der Waals surface area contributed by atoms with Crippen molar-refractivity contribution in [3.05, 3.63) is 84.2 Å². The van der Waals surface area contributed by atoms with Gasteiger partial charge in [-0.1, -0.05) is 48.5 Å². The SMILES string of the molecule is O=C(NCCC(O)c1ccccc1)c1cnn(-c2ccccc2)c1. The highest BCUT2D eigenvalue weighted by Gasteiger charge is 2.11. The lowest BCUT2D eigenvalue weighted by Crippen LogP contribution is -2.25. The molecule has 0 fully saturated rings. The van der Waals surface area contributed by atoms with Crippen LogP contribution in [0.2, 0.25) is 0 Å². The summed E-state index contributed by atoms with van der Waals surface area (Å²) in [6.07, 6.45) is 3.11. The quantitative estimate of drug-likeness (QED) is 0.733. The lowest BCUT2D eigenvalue weighted by molar-refractivity contribution is 0.0942. The van der Waals surface area contributed by atoms with Gasteiger partial charge in [0.15, 0.2) is 0 Å². The Morgan fingerprint density at radius 2 is 1.75 bits per heavy atom. The van der Waals surface area contributed by atoms with Gasteiger partial charge in [-0.15, -0.1) is 0 Å². The zero-order valence-corrected chi connectivity index (χ0v) is 13.2. The number of benzene rings is 2. The fourth-order valence-electron chi connectivity index (χ4n) is 2.43. The van der Waals surface area contributed by atoms with Crippen LogP contribution in [0.3, 0.4) is 0 Å². The van der Waals surface area contributed by atoms with Crippen LogP contribution in [0, 0.1) is 0 Å². The summed E-state index contributed by atoms with van der Waals surface area (Å²) in [5.41, 5.74) is 2.24. The Balaban J connectivity index is 1.53. The van der Waals surface area contributed by atoms with Gasteiger partial charge in [-0.25, -0.2) is 4.68 Å². The Hall–Kier alpha value is -2.92. The number of carbonyl (C=O) groups excluding carboxylic acids is 1. The molecule has 1 unspecified atom stereocenters. The van der Waals surface area contributed by atoms with E-state index in [4.69, 9.17) is 0 Å². The van der Waals surface area contributed by atoms with E-state index in [9.17, 15) is 9.90 Å². The molecule has 5 nitrogen and oxygen atoms in total. The minimum absolute atomic E-state index is 0.197. The van der Waals surface area contributed by atoms with Gasteiger partial charge in [-0.2, -0.15) is 5.10 Å². The minimum Gasteiger partial charge on any atom is -0.388 e. The first-order chi connectivity index (χ1) is 11.7. The van der Waals surface area contributed by atoms with Crippen LogP contribution in [0.15, 0.2) is 73.1 Å². The number of nitrogens with zero attached hydrogens (tertiary/aromatic N) is 2. The Morgan fingerprint density at radius 3 is 2.46 bits per heavy atom. The largest absolute Gasteiger partial charge is 0.388 e. The smallest absolute Gasteiger partial charge is 0.254 e. The third-order valence-electron chi connectivity index (χ3n) is 3.75. The minimum atomic E-state index is -0.585. The Bertz CT molecular complexity index is 785. The molecule has 0 saturated carbocycles. The van der Waals surface area contributed by atoms with Crippen LogP contribution < -0.4 is 5.32 Å². The topological polar surface area (TPSA) is 67.2 Å². The molecule has 0 aliphatic carbocycles. The number of hydrogen-bond donors (Lipinski definition) is 2. The predicted octanol–water partition coefficient (Wildman–Crippen LogP) is 2.73. The van der Waals surface area contributed by atoms with Crippen LogP contribution in [0.25, 0.3) is 5.69 Å². The van der Waals surface area contributed by atoms with Crippen molar-refractivity contribution in [3.8, 4) is 5.69 Å². The van der Waals surface area contributed by atoms with E-state index < -0.39 is 6.10 Å². The molecule has 1 heterocycles. The summed E-state index contributed by atoms with van der Waals surface area (Å²) >= 11 is 0. The molecule has 1 aromatic heterocycles. The third kappa shape index (κ3) is 3.88. The molecule has 0 spiro atoms. The first-order valence-electron chi connectivity index (χ1n) is 7.85. The molecule has 0 aliphatic heterocycles. The highest BCUT2D eigenvalue weighted by Crippen LogP contribution is 2.15. The lowest BCUT2D eigenvalue weighted by atomic mass is 10.1. The maximum atomic E-state index is 12.2. The van der Waals surface area contributed by atoms with Crippen molar-refractivity contribution >= 4 is 5.91 Å². The van der Waals surface area contributed by atoms with E-state index in [0.29, 0.717) is 18.5 Å². The van der Waals surface area contributed by atoms with Crippen LogP contribution in [0.1, 0.15) is 28.4 Å². The van der Waals surface area contributed by atoms with Crippen molar-refractivity contribution in [3.63, 3.8) is 0 Å². The van der Waals surface area contributed by atoms with Gasteiger partial charge in [0.2, 0.25) is 0 Å². The second kappa shape index (κ2) is 7.57. The van der Waals surface area contributed by atoms with E-state index in [1.807, 2.05) is 60.7 Å². The molecule has 24 heavy (non-hydrogen) atoms. The van der Waals surface area contributed by atoms with Gasteiger partial charge < -0.3 is 10.4 Å². The molecule has 2 aromatic carbocycles. The molecule has 0 aliphatic rings. The summed E-state index contributed by atoms with van der Waals surface area (Å²) in [7, 11) is 0. The fourth-order valence-corrected chi connectivity index (χ4v) is 2.43. The number of carbonyl (C=O) groups is 1. The molecule has 3 aromatic rings. The molecule has 0 radical (unpaired) electrons. The average Bonchev–Trinajstić information content (AvgIpc) is 3.13. The highest BCUT2D eigenvalue weighted by atomic mass is 16.3. The second-order valence-electron chi connectivity index (χ2n) is 5.48. The summed E-state index contributed by atoms with van der Waals surface area (Å²) in [4.78, 5) is 12.2. The first-order valence-corrected chi connectivity index (χ1v) is 7.85. The van der Waals surface area contributed by atoms with Crippen LogP contribution in [-0.2, 0) is 0 Å². The summed E-state index contributed by atoms with van der Waals surface area (Å²) in [5.74, 6) is -0.197. The number of amides is 1. The van der Waals surface area contributed by atoms with Gasteiger partial charge in [0.1, 0.15) is 0 Å². The van der Waals surface area contributed by atoms with Crippen LogP contribution >= 0.6 is 0 Å². The van der Waals surface area contributed by atoms with Crippen molar-refractivity contribution in [2.45, 2.75) is 12.5 Å². The van der Waals surface area contributed by atoms with E-state index in [1.54, 1.807) is 10.9 Å². The third-order valence-corrected chi connectivity index (χ3v) is 3.75. The predicted molar refractivity (Wildman–Crippen MR) is 91.9 cm³/mol. The highest BCUT2D eigenvalue weighted by molar-refractivity contribution is 5.93. The molecule has 0 saturated heterocycles. The monoisotopic (exact) mass is 321 g/mol. The first kappa shape index (κ1) is 16.0.